The molecular formula is C22H25N3O2S. The average Bonchev–Trinajstić information content (AvgIpc) is 3.38. The first-order valence-corrected chi connectivity index (χ1v) is 10.8. The van der Waals surface area contributed by atoms with Crippen molar-refractivity contribution in [2.75, 3.05) is 6.61 Å². The monoisotopic (exact) mass is 395 g/mol. The van der Waals surface area contributed by atoms with Crippen molar-refractivity contribution in [2.45, 2.75) is 45.1 Å². The van der Waals surface area contributed by atoms with E-state index in [1.54, 1.807) is 17.6 Å². The second-order valence-corrected chi connectivity index (χ2v) is 7.67. The van der Waals surface area contributed by atoms with E-state index >= 15 is 0 Å². The fraction of sp³-hybridized carbons (Fsp3) is 0.364. The maximum atomic E-state index is 5.72. The van der Waals surface area contributed by atoms with Crippen LogP contribution in [-0.4, -0.2) is 23.5 Å². The molecule has 1 aliphatic carbocycles. The molecule has 1 aliphatic rings. The van der Waals surface area contributed by atoms with E-state index in [4.69, 9.17) is 19.2 Å². The van der Waals surface area contributed by atoms with Crippen LogP contribution in [0.2, 0.25) is 0 Å². The lowest BCUT2D eigenvalue weighted by molar-refractivity contribution is 0.340. The van der Waals surface area contributed by atoms with Gasteiger partial charge < -0.3 is 9.15 Å². The van der Waals surface area contributed by atoms with Gasteiger partial charge in [-0.3, -0.25) is 4.99 Å². The Morgan fingerprint density at radius 2 is 2.04 bits per heavy atom. The van der Waals surface area contributed by atoms with Gasteiger partial charge in [-0.05, 0) is 44.0 Å². The van der Waals surface area contributed by atoms with E-state index in [0.717, 1.165) is 40.4 Å². The number of nitrogens with zero attached hydrogens (tertiary/aromatic N) is 3. The Hall–Kier alpha value is -2.60. The molecule has 1 fully saturated rings. The molecule has 0 N–H and O–H groups in total. The van der Waals surface area contributed by atoms with Crippen LogP contribution in [-0.2, 0) is 0 Å². The third kappa shape index (κ3) is 4.28. The van der Waals surface area contributed by atoms with Crippen molar-refractivity contribution in [1.29, 1.82) is 0 Å². The van der Waals surface area contributed by atoms with Gasteiger partial charge in [0.2, 0.25) is 4.80 Å². The number of para-hydroxylation sites is 1. The number of hydrogen-bond acceptors (Lipinski definition) is 5. The van der Waals surface area contributed by atoms with E-state index < -0.39 is 0 Å². The fourth-order valence-corrected chi connectivity index (χ4v) is 4.34. The van der Waals surface area contributed by atoms with Crippen LogP contribution >= 0.6 is 11.3 Å². The van der Waals surface area contributed by atoms with Gasteiger partial charge in [0.15, 0.2) is 5.76 Å². The Morgan fingerprint density at radius 1 is 1.18 bits per heavy atom. The molecule has 0 amide bonds. The number of benzene rings is 1. The summed E-state index contributed by atoms with van der Waals surface area (Å²) in [6.07, 6.45) is 9.68. The van der Waals surface area contributed by atoms with Crippen molar-refractivity contribution in [2.24, 2.45) is 10.1 Å². The smallest absolute Gasteiger partial charge is 0.206 e. The van der Waals surface area contributed by atoms with Crippen molar-refractivity contribution in [1.82, 2.24) is 4.68 Å². The van der Waals surface area contributed by atoms with Crippen molar-refractivity contribution >= 4 is 17.6 Å². The maximum absolute atomic E-state index is 5.72. The van der Waals surface area contributed by atoms with Crippen LogP contribution in [0.15, 0.2) is 62.6 Å². The fourth-order valence-electron chi connectivity index (χ4n) is 3.46. The number of furan rings is 1. The second kappa shape index (κ2) is 9.06. The Balaban J connectivity index is 1.74. The van der Waals surface area contributed by atoms with Crippen molar-refractivity contribution in [3.8, 4) is 17.2 Å². The molecule has 5 nitrogen and oxygen atoms in total. The zero-order chi connectivity index (χ0) is 19.2. The summed E-state index contributed by atoms with van der Waals surface area (Å²) in [5.41, 5.74) is 1.85. The second-order valence-electron chi connectivity index (χ2n) is 6.83. The van der Waals surface area contributed by atoms with Crippen LogP contribution in [0.5, 0.6) is 5.75 Å². The molecule has 4 rings (SSSR count). The number of thiazole rings is 1. The highest BCUT2D eigenvalue weighted by Crippen LogP contribution is 2.23. The number of ether oxygens (including phenoxy) is 1. The molecular weight excluding hydrogens is 370 g/mol. The lowest BCUT2D eigenvalue weighted by atomic mass is 9.96. The minimum Gasteiger partial charge on any atom is -0.493 e. The van der Waals surface area contributed by atoms with Gasteiger partial charge in [0, 0.05) is 10.9 Å². The molecule has 1 saturated carbocycles. The molecule has 0 atom stereocenters. The van der Waals surface area contributed by atoms with E-state index in [9.17, 15) is 0 Å². The molecule has 6 heteroatoms. The normalized spacial score (nSPS) is 16.1. The van der Waals surface area contributed by atoms with Gasteiger partial charge in [-0.2, -0.15) is 5.10 Å². The lowest BCUT2D eigenvalue weighted by Crippen LogP contribution is -2.19. The quantitative estimate of drug-likeness (QED) is 0.530. The van der Waals surface area contributed by atoms with Gasteiger partial charge in [0.05, 0.1) is 25.1 Å². The molecule has 1 aromatic carbocycles. The predicted octanol–water partition coefficient (Wildman–Crippen LogP) is 5.32. The van der Waals surface area contributed by atoms with Crippen molar-refractivity contribution < 1.29 is 9.15 Å². The van der Waals surface area contributed by atoms with E-state index in [1.165, 1.54) is 19.3 Å². The summed E-state index contributed by atoms with van der Waals surface area (Å²) in [5, 5.41) is 6.83. The van der Waals surface area contributed by atoms with E-state index in [1.807, 2.05) is 54.2 Å². The van der Waals surface area contributed by atoms with Crippen molar-refractivity contribution in [3.63, 3.8) is 0 Å². The SMILES string of the molecule is CCOc1ccccc1C=Nn1c(-c2ccco2)csc1=NC1CCCCC1. The van der Waals surface area contributed by atoms with E-state index in [0.29, 0.717) is 12.6 Å². The van der Waals surface area contributed by atoms with Gasteiger partial charge in [-0.25, -0.2) is 4.68 Å². The number of hydrogen-bond donors (Lipinski definition) is 0. The molecule has 0 unspecified atom stereocenters. The lowest BCUT2D eigenvalue weighted by Gasteiger charge is -2.16. The summed E-state index contributed by atoms with van der Waals surface area (Å²) in [5.74, 6) is 1.62. The van der Waals surface area contributed by atoms with Crippen LogP contribution in [0.25, 0.3) is 11.5 Å². The summed E-state index contributed by atoms with van der Waals surface area (Å²) >= 11 is 1.61. The van der Waals surface area contributed by atoms with Gasteiger partial charge in [0.1, 0.15) is 11.4 Å². The molecule has 0 bridgehead atoms. The highest BCUT2D eigenvalue weighted by molar-refractivity contribution is 7.07. The molecule has 0 aliphatic heterocycles. The van der Waals surface area contributed by atoms with Crippen LogP contribution in [0, 0.1) is 0 Å². The standard InChI is InChI=1S/C22H25N3O2S/c1-2-26-20-12-7-6-9-17(20)15-23-25-19(21-13-8-14-27-21)16-28-22(25)24-18-10-4-3-5-11-18/h6-9,12-16,18H,2-5,10-11H2,1H3. The summed E-state index contributed by atoms with van der Waals surface area (Å²) in [7, 11) is 0. The molecule has 0 radical (unpaired) electrons. The third-order valence-corrected chi connectivity index (χ3v) is 5.69. The molecule has 2 heterocycles. The maximum Gasteiger partial charge on any atom is 0.206 e. The molecule has 2 aromatic heterocycles. The third-order valence-electron chi connectivity index (χ3n) is 4.86. The van der Waals surface area contributed by atoms with E-state index in [-0.39, 0.29) is 0 Å². The zero-order valence-electron chi connectivity index (χ0n) is 16.1. The zero-order valence-corrected chi connectivity index (χ0v) is 16.9. The molecule has 0 saturated heterocycles. The Kier molecular flexibility index (Phi) is 6.07. The van der Waals surface area contributed by atoms with Crippen molar-refractivity contribution in [3.05, 3.63) is 58.4 Å². The van der Waals surface area contributed by atoms with Crippen LogP contribution in [0.1, 0.15) is 44.6 Å². The summed E-state index contributed by atoms with van der Waals surface area (Å²) in [6, 6.07) is 12.2. The molecule has 0 spiro atoms. The summed E-state index contributed by atoms with van der Waals surface area (Å²) in [6.45, 7) is 2.61. The first kappa shape index (κ1) is 18.7. The highest BCUT2D eigenvalue weighted by atomic mass is 32.1. The van der Waals surface area contributed by atoms with Gasteiger partial charge >= 0.3 is 0 Å². The highest BCUT2D eigenvalue weighted by Gasteiger charge is 2.15. The topological polar surface area (TPSA) is 52.0 Å². The molecule has 146 valence electrons. The number of rotatable bonds is 6. The van der Waals surface area contributed by atoms with Crippen LogP contribution in [0.4, 0.5) is 0 Å². The summed E-state index contributed by atoms with van der Waals surface area (Å²) in [4.78, 5) is 5.92. The molecule has 28 heavy (non-hydrogen) atoms. The van der Waals surface area contributed by atoms with Gasteiger partial charge in [-0.1, -0.05) is 31.4 Å². The van der Waals surface area contributed by atoms with E-state index in [2.05, 4.69) is 5.38 Å². The largest absolute Gasteiger partial charge is 0.493 e. The minimum absolute atomic E-state index is 0.383. The van der Waals surface area contributed by atoms with Crippen LogP contribution < -0.4 is 9.54 Å². The Labute approximate surface area is 169 Å². The summed E-state index contributed by atoms with van der Waals surface area (Å²) < 4.78 is 13.2. The first-order chi connectivity index (χ1) is 13.8. The number of aromatic nitrogens is 1. The van der Waals surface area contributed by atoms with Gasteiger partial charge in [-0.15, -0.1) is 11.3 Å². The molecule has 3 aromatic rings. The minimum atomic E-state index is 0.383. The first-order valence-electron chi connectivity index (χ1n) is 9.89. The Bertz CT molecular complexity index is 979. The Morgan fingerprint density at radius 3 is 2.82 bits per heavy atom. The van der Waals surface area contributed by atoms with Gasteiger partial charge in [0.25, 0.3) is 0 Å². The predicted molar refractivity (Wildman–Crippen MR) is 113 cm³/mol. The van der Waals surface area contributed by atoms with Crippen LogP contribution in [0.3, 0.4) is 0 Å². The average molecular weight is 396 g/mol.